The molecule has 2 amide bonds. The minimum atomic E-state index is -0.767. The third kappa shape index (κ3) is 4.35. The van der Waals surface area contributed by atoms with Gasteiger partial charge in [0.1, 0.15) is 0 Å². The molecule has 2 N–H and O–H groups in total. The van der Waals surface area contributed by atoms with E-state index in [9.17, 15) is 9.59 Å². The number of carbonyl (C=O) groups excluding carboxylic acids is 1. The van der Waals surface area contributed by atoms with E-state index >= 15 is 0 Å². The molecule has 7 heteroatoms. The van der Waals surface area contributed by atoms with Crippen LogP contribution < -0.4 is 14.8 Å². The predicted octanol–water partition coefficient (Wildman–Crippen LogP) is 2.24. The highest BCUT2D eigenvalue weighted by Crippen LogP contribution is 2.32. The van der Waals surface area contributed by atoms with Crippen LogP contribution in [0.2, 0.25) is 0 Å². The topological polar surface area (TPSA) is 88.1 Å². The minimum absolute atomic E-state index is 0.0371. The van der Waals surface area contributed by atoms with Crippen molar-refractivity contribution in [3.63, 3.8) is 0 Å². The second-order valence-electron chi connectivity index (χ2n) is 6.68. The standard InChI is InChI=1S/C18H24N2O5/c1-12(2-3-13-4-5-15-16(10-13)25-11-24-15)19-18(23)20-8-6-14(7-9-20)17(21)22/h4-5,10,12,14H,2-3,6-9,11H2,1H3,(H,19,23)(H,21,22). The number of hydrogen-bond acceptors (Lipinski definition) is 4. The molecule has 0 radical (unpaired) electrons. The van der Waals surface area contributed by atoms with Crippen molar-refractivity contribution in [3.05, 3.63) is 23.8 Å². The summed E-state index contributed by atoms with van der Waals surface area (Å²) < 4.78 is 10.7. The Labute approximate surface area is 146 Å². The quantitative estimate of drug-likeness (QED) is 0.852. The number of rotatable bonds is 5. The lowest BCUT2D eigenvalue weighted by atomic mass is 9.97. The fourth-order valence-electron chi connectivity index (χ4n) is 3.18. The second-order valence-corrected chi connectivity index (χ2v) is 6.68. The summed E-state index contributed by atoms with van der Waals surface area (Å²) in [7, 11) is 0. The van der Waals surface area contributed by atoms with Gasteiger partial charge in [-0.25, -0.2) is 4.79 Å². The molecule has 7 nitrogen and oxygen atoms in total. The third-order valence-electron chi connectivity index (χ3n) is 4.80. The molecule has 25 heavy (non-hydrogen) atoms. The molecule has 136 valence electrons. The molecule has 1 unspecified atom stereocenters. The summed E-state index contributed by atoms with van der Waals surface area (Å²) in [6.07, 6.45) is 2.69. The number of piperidine rings is 1. The Balaban J connectivity index is 1.42. The lowest BCUT2D eigenvalue weighted by Crippen LogP contribution is -2.48. The van der Waals surface area contributed by atoms with Crippen LogP contribution in [-0.2, 0) is 11.2 Å². The van der Waals surface area contributed by atoms with E-state index in [0.29, 0.717) is 25.9 Å². The van der Waals surface area contributed by atoms with Crippen LogP contribution in [0.4, 0.5) is 4.79 Å². The Hall–Kier alpha value is -2.44. The SMILES string of the molecule is CC(CCc1ccc2c(c1)OCO2)NC(=O)N1CCC(C(=O)O)CC1. The molecule has 0 aromatic heterocycles. The van der Waals surface area contributed by atoms with Crippen LogP contribution in [0.5, 0.6) is 11.5 Å². The van der Waals surface area contributed by atoms with E-state index in [4.69, 9.17) is 14.6 Å². The van der Waals surface area contributed by atoms with Crippen LogP contribution in [0.25, 0.3) is 0 Å². The zero-order valence-corrected chi connectivity index (χ0v) is 14.4. The van der Waals surface area contributed by atoms with E-state index < -0.39 is 5.97 Å². The summed E-state index contributed by atoms with van der Waals surface area (Å²) in [5.41, 5.74) is 1.15. The van der Waals surface area contributed by atoms with Gasteiger partial charge in [-0.05, 0) is 50.3 Å². The molecule has 0 aliphatic carbocycles. The van der Waals surface area contributed by atoms with Crippen molar-refractivity contribution < 1.29 is 24.2 Å². The Morgan fingerprint density at radius 2 is 2.00 bits per heavy atom. The number of carbonyl (C=O) groups is 2. The number of nitrogens with one attached hydrogen (secondary N) is 1. The molecule has 0 bridgehead atoms. The summed E-state index contributed by atoms with van der Waals surface area (Å²) in [6.45, 7) is 3.24. The predicted molar refractivity (Wildman–Crippen MR) is 90.8 cm³/mol. The van der Waals surface area contributed by atoms with Crippen LogP contribution in [0.3, 0.4) is 0 Å². The summed E-state index contributed by atoms with van der Waals surface area (Å²) in [6, 6.07) is 5.83. The number of carboxylic acids is 1. The van der Waals surface area contributed by atoms with E-state index in [2.05, 4.69) is 5.32 Å². The summed E-state index contributed by atoms with van der Waals surface area (Å²) >= 11 is 0. The van der Waals surface area contributed by atoms with Gasteiger partial charge in [0.15, 0.2) is 11.5 Å². The zero-order valence-electron chi connectivity index (χ0n) is 14.4. The van der Waals surface area contributed by atoms with Crippen molar-refractivity contribution in [1.29, 1.82) is 0 Å². The van der Waals surface area contributed by atoms with Gasteiger partial charge in [-0.3, -0.25) is 4.79 Å². The summed E-state index contributed by atoms with van der Waals surface area (Å²) in [5.74, 6) is 0.454. The number of aryl methyl sites for hydroxylation is 1. The Bertz CT molecular complexity index is 640. The van der Waals surface area contributed by atoms with Crippen LogP contribution in [0, 0.1) is 5.92 Å². The zero-order chi connectivity index (χ0) is 17.8. The maximum Gasteiger partial charge on any atom is 0.317 e. The van der Waals surface area contributed by atoms with Gasteiger partial charge in [0.05, 0.1) is 5.92 Å². The Morgan fingerprint density at radius 1 is 1.28 bits per heavy atom. The van der Waals surface area contributed by atoms with Crippen molar-refractivity contribution in [2.45, 2.75) is 38.6 Å². The fourth-order valence-corrected chi connectivity index (χ4v) is 3.18. The van der Waals surface area contributed by atoms with Gasteiger partial charge < -0.3 is 24.8 Å². The smallest absolute Gasteiger partial charge is 0.317 e. The molecular weight excluding hydrogens is 324 g/mol. The van der Waals surface area contributed by atoms with E-state index in [0.717, 1.165) is 29.9 Å². The third-order valence-corrected chi connectivity index (χ3v) is 4.80. The van der Waals surface area contributed by atoms with Crippen LogP contribution in [0.15, 0.2) is 18.2 Å². The molecule has 1 atom stereocenters. The van der Waals surface area contributed by atoms with Gasteiger partial charge in [-0.2, -0.15) is 0 Å². The van der Waals surface area contributed by atoms with Gasteiger partial charge in [0.2, 0.25) is 6.79 Å². The molecule has 1 saturated heterocycles. The number of nitrogens with zero attached hydrogens (tertiary/aromatic N) is 1. The fraction of sp³-hybridized carbons (Fsp3) is 0.556. The van der Waals surface area contributed by atoms with Crippen LogP contribution >= 0.6 is 0 Å². The summed E-state index contributed by atoms with van der Waals surface area (Å²) in [4.78, 5) is 24.9. The highest BCUT2D eigenvalue weighted by molar-refractivity contribution is 5.75. The lowest BCUT2D eigenvalue weighted by Gasteiger charge is -2.31. The van der Waals surface area contributed by atoms with Crippen molar-refractivity contribution >= 4 is 12.0 Å². The Kier molecular flexibility index (Phi) is 5.31. The average Bonchev–Trinajstić information content (AvgIpc) is 3.07. The largest absolute Gasteiger partial charge is 0.481 e. The number of ether oxygens (including phenoxy) is 2. The summed E-state index contributed by atoms with van der Waals surface area (Å²) in [5, 5.41) is 12.0. The molecule has 1 aromatic carbocycles. The average molecular weight is 348 g/mol. The maximum absolute atomic E-state index is 12.3. The van der Waals surface area contributed by atoms with Gasteiger partial charge in [0, 0.05) is 19.1 Å². The number of urea groups is 1. The van der Waals surface area contributed by atoms with Gasteiger partial charge in [-0.1, -0.05) is 6.07 Å². The Morgan fingerprint density at radius 3 is 2.72 bits per heavy atom. The highest BCUT2D eigenvalue weighted by atomic mass is 16.7. The lowest BCUT2D eigenvalue weighted by molar-refractivity contribution is -0.143. The molecule has 0 saturated carbocycles. The molecule has 2 heterocycles. The van der Waals surface area contributed by atoms with E-state index in [1.54, 1.807) is 4.90 Å². The number of likely N-dealkylation sites (tertiary alicyclic amines) is 1. The highest BCUT2D eigenvalue weighted by Gasteiger charge is 2.27. The van der Waals surface area contributed by atoms with Gasteiger partial charge in [-0.15, -0.1) is 0 Å². The molecule has 1 fully saturated rings. The monoisotopic (exact) mass is 348 g/mol. The number of carboxylic acid groups (broad SMARTS) is 1. The first-order chi connectivity index (χ1) is 12.0. The number of hydrogen-bond donors (Lipinski definition) is 2. The molecule has 1 aromatic rings. The van der Waals surface area contributed by atoms with Gasteiger partial charge >= 0.3 is 12.0 Å². The number of benzene rings is 1. The van der Waals surface area contributed by atoms with Gasteiger partial charge in [0.25, 0.3) is 0 Å². The first-order valence-corrected chi connectivity index (χ1v) is 8.69. The van der Waals surface area contributed by atoms with E-state index in [1.807, 2.05) is 25.1 Å². The first kappa shape index (κ1) is 17.4. The van der Waals surface area contributed by atoms with Crippen molar-refractivity contribution in [2.75, 3.05) is 19.9 Å². The van der Waals surface area contributed by atoms with Crippen molar-refractivity contribution in [3.8, 4) is 11.5 Å². The molecular formula is C18H24N2O5. The second kappa shape index (κ2) is 7.63. The van der Waals surface area contributed by atoms with Crippen molar-refractivity contribution in [2.24, 2.45) is 5.92 Å². The first-order valence-electron chi connectivity index (χ1n) is 8.69. The van der Waals surface area contributed by atoms with Crippen LogP contribution in [0.1, 0.15) is 31.7 Å². The van der Waals surface area contributed by atoms with Crippen molar-refractivity contribution in [1.82, 2.24) is 10.2 Å². The van der Waals surface area contributed by atoms with E-state index in [-0.39, 0.29) is 24.8 Å². The molecule has 3 rings (SSSR count). The molecule has 2 aliphatic rings. The number of amides is 2. The molecule has 2 aliphatic heterocycles. The maximum atomic E-state index is 12.3. The molecule has 0 spiro atoms. The minimum Gasteiger partial charge on any atom is -0.481 e. The van der Waals surface area contributed by atoms with E-state index in [1.165, 1.54) is 0 Å². The number of aliphatic carboxylic acids is 1. The van der Waals surface area contributed by atoms with Crippen LogP contribution in [-0.4, -0.2) is 47.9 Å². The number of fused-ring (bicyclic) bond motifs is 1. The normalized spacial score (nSPS) is 18.0.